The number of aryl methyl sites for hydroxylation is 1. The molecular formula is C12H15F3N2SSn. The van der Waals surface area contributed by atoms with Gasteiger partial charge >= 0.3 is 118 Å². The minimum absolute atomic E-state index is 0.300. The molecular weight excluding hydrogens is 380 g/mol. The van der Waals surface area contributed by atoms with Crippen molar-refractivity contribution in [1.29, 1.82) is 0 Å². The summed E-state index contributed by atoms with van der Waals surface area (Å²) in [5, 5.41) is 0. The van der Waals surface area contributed by atoms with Crippen LogP contribution < -0.4 is 3.58 Å². The first-order chi connectivity index (χ1) is 8.55. The Morgan fingerprint density at radius 3 is 1.95 bits per heavy atom. The number of fused-ring (bicyclic) bond motifs is 1. The fourth-order valence-electron chi connectivity index (χ4n) is 2.35. The zero-order valence-corrected chi connectivity index (χ0v) is 15.1. The topological polar surface area (TPSA) is 25.8 Å². The molecule has 1 heterocycles. The molecule has 0 aliphatic rings. The van der Waals surface area contributed by atoms with E-state index in [-0.39, 0.29) is 0 Å². The van der Waals surface area contributed by atoms with E-state index in [9.17, 15) is 13.2 Å². The third-order valence-electron chi connectivity index (χ3n) is 3.30. The van der Waals surface area contributed by atoms with Gasteiger partial charge in [0.2, 0.25) is 0 Å². The van der Waals surface area contributed by atoms with Gasteiger partial charge in [-0.2, -0.15) is 0 Å². The molecule has 0 radical (unpaired) electrons. The van der Waals surface area contributed by atoms with Crippen LogP contribution in [0.1, 0.15) is 16.7 Å². The third kappa shape index (κ3) is 2.48. The molecule has 1 aromatic heterocycles. The Kier molecular flexibility index (Phi) is 3.62. The molecule has 104 valence electrons. The zero-order valence-electron chi connectivity index (χ0n) is 11.4. The van der Waals surface area contributed by atoms with E-state index in [1.54, 1.807) is 6.92 Å². The van der Waals surface area contributed by atoms with E-state index in [0.29, 0.717) is 25.7 Å². The Bertz CT molecular complexity index is 641. The standard InChI is InChI=1S/C9H6F3N2S.3CH3.Sn/c1-4-5(2)8-7(13-15-14-8)3-6(4)9(10,11)12;;;;/h1-2H3;3*1H3;. The number of nitrogens with zero attached hydrogens (tertiary/aromatic N) is 2. The summed E-state index contributed by atoms with van der Waals surface area (Å²) in [6, 6.07) is 0. The van der Waals surface area contributed by atoms with Gasteiger partial charge in [-0.3, -0.25) is 0 Å². The molecule has 7 heteroatoms. The van der Waals surface area contributed by atoms with Crippen molar-refractivity contribution in [2.24, 2.45) is 0 Å². The molecule has 0 N–H and O–H groups in total. The summed E-state index contributed by atoms with van der Waals surface area (Å²) in [7, 11) is 0. The van der Waals surface area contributed by atoms with Crippen LogP contribution in [-0.4, -0.2) is 27.1 Å². The molecule has 0 saturated carbocycles. The summed E-state index contributed by atoms with van der Waals surface area (Å²) >= 11 is -1.99. The molecule has 0 aliphatic carbocycles. The van der Waals surface area contributed by atoms with Crippen molar-refractivity contribution >= 4 is 44.7 Å². The van der Waals surface area contributed by atoms with E-state index in [4.69, 9.17) is 0 Å². The van der Waals surface area contributed by atoms with E-state index in [2.05, 4.69) is 8.75 Å². The first-order valence-electron chi connectivity index (χ1n) is 5.88. The second-order valence-corrected chi connectivity index (χ2v) is 20.5. The molecule has 2 nitrogen and oxygen atoms in total. The molecule has 0 bridgehead atoms. The van der Waals surface area contributed by atoms with Gasteiger partial charge in [-0.15, -0.1) is 0 Å². The number of benzene rings is 1. The van der Waals surface area contributed by atoms with Crippen molar-refractivity contribution < 1.29 is 13.2 Å². The Morgan fingerprint density at radius 2 is 1.47 bits per heavy atom. The summed E-state index contributed by atoms with van der Waals surface area (Å²) in [6.45, 7) is 3.23. The van der Waals surface area contributed by atoms with Crippen LogP contribution in [0.25, 0.3) is 11.0 Å². The zero-order chi connectivity index (χ0) is 14.6. The summed E-state index contributed by atoms with van der Waals surface area (Å²) in [5.74, 6) is 0. The molecule has 2 rings (SSSR count). The number of alkyl halides is 3. The monoisotopic (exact) mass is 396 g/mol. The molecule has 0 spiro atoms. The third-order valence-corrected chi connectivity index (χ3v) is 9.50. The predicted molar refractivity (Wildman–Crippen MR) is 74.9 cm³/mol. The van der Waals surface area contributed by atoms with Crippen LogP contribution >= 0.6 is 11.7 Å². The maximum absolute atomic E-state index is 13.4. The Hall–Kier alpha value is -0.371. The second-order valence-electron chi connectivity index (χ2n) is 5.71. The van der Waals surface area contributed by atoms with E-state index < -0.39 is 30.1 Å². The first kappa shape index (κ1) is 15.0. The van der Waals surface area contributed by atoms with Gasteiger partial charge in [0.05, 0.1) is 0 Å². The van der Waals surface area contributed by atoms with Gasteiger partial charge in [0.1, 0.15) is 0 Å². The number of hydrogen-bond acceptors (Lipinski definition) is 3. The molecule has 1 aromatic carbocycles. The van der Waals surface area contributed by atoms with Gasteiger partial charge in [-0.05, 0) is 0 Å². The van der Waals surface area contributed by atoms with Crippen molar-refractivity contribution in [2.75, 3.05) is 0 Å². The molecule has 0 fully saturated rings. The summed E-state index contributed by atoms with van der Waals surface area (Å²) < 4.78 is 49.1. The van der Waals surface area contributed by atoms with Gasteiger partial charge in [0, 0.05) is 0 Å². The van der Waals surface area contributed by atoms with Crippen molar-refractivity contribution in [1.82, 2.24) is 8.75 Å². The van der Waals surface area contributed by atoms with Crippen LogP contribution in [0.3, 0.4) is 0 Å². The maximum atomic E-state index is 13.4. The quantitative estimate of drug-likeness (QED) is 0.686. The SMILES string of the molecule is Cc1c(C(F)(F)F)[c]([Sn]([CH3])([CH3])[CH3])c2nsnc2c1C. The first-order valence-corrected chi connectivity index (χ1v) is 16.6. The van der Waals surface area contributed by atoms with Crippen LogP contribution in [-0.2, 0) is 6.18 Å². The van der Waals surface area contributed by atoms with Gasteiger partial charge in [-0.1, -0.05) is 0 Å². The van der Waals surface area contributed by atoms with Gasteiger partial charge in [-0.25, -0.2) is 0 Å². The van der Waals surface area contributed by atoms with E-state index in [1.807, 2.05) is 14.8 Å². The number of aromatic nitrogens is 2. The molecule has 0 unspecified atom stereocenters. The molecule has 0 saturated heterocycles. The molecule has 2 aromatic rings. The molecule has 19 heavy (non-hydrogen) atoms. The number of rotatable bonds is 1. The van der Waals surface area contributed by atoms with Crippen molar-refractivity contribution in [3.8, 4) is 0 Å². The molecule has 0 aliphatic heterocycles. The average Bonchev–Trinajstić information content (AvgIpc) is 2.67. The summed E-state index contributed by atoms with van der Waals surface area (Å²) in [4.78, 5) is 5.94. The summed E-state index contributed by atoms with van der Waals surface area (Å²) in [5.41, 5.74) is 1.54. The van der Waals surface area contributed by atoms with Crippen molar-refractivity contribution in [3.05, 3.63) is 16.7 Å². The average molecular weight is 395 g/mol. The van der Waals surface area contributed by atoms with E-state index in [1.165, 1.54) is 6.92 Å². The number of halogens is 3. The molecule has 0 atom stereocenters. The van der Waals surface area contributed by atoms with Crippen LogP contribution in [0, 0.1) is 13.8 Å². The van der Waals surface area contributed by atoms with Gasteiger partial charge < -0.3 is 0 Å². The Labute approximate surface area is 118 Å². The summed E-state index contributed by atoms with van der Waals surface area (Å²) in [6.07, 6.45) is -4.33. The predicted octanol–water partition coefficient (Wildman–Crippen LogP) is 3.87. The van der Waals surface area contributed by atoms with Crippen LogP contribution in [0.15, 0.2) is 0 Å². The molecule has 0 amide bonds. The fourth-order valence-corrected chi connectivity index (χ4v) is 8.80. The van der Waals surface area contributed by atoms with Crippen LogP contribution in [0.5, 0.6) is 0 Å². The minimum atomic E-state index is -4.33. The second kappa shape index (κ2) is 4.58. The van der Waals surface area contributed by atoms with Gasteiger partial charge in [0.15, 0.2) is 0 Å². The normalized spacial score (nSPS) is 13.3. The van der Waals surface area contributed by atoms with E-state index in [0.717, 1.165) is 11.7 Å². The van der Waals surface area contributed by atoms with E-state index >= 15 is 0 Å². The Balaban J connectivity index is 3.04. The van der Waals surface area contributed by atoms with Crippen molar-refractivity contribution in [3.63, 3.8) is 0 Å². The fraction of sp³-hybridized carbons (Fsp3) is 0.500. The van der Waals surface area contributed by atoms with Gasteiger partial charge in [0.25, 0.3) is 0 Å². The van der Waals surface area contributed by atoms with Crippen molar-refractivity contribution in [2.45, 2.75) is 34.8 Å². The van der Waals surface area contributed by atoms with Crippen LogP contribution in [0.2, 0.25) is 14.8 Å². The Morgan fingerprint density at radius 1 is 0.947 bits per heavy atom. The van der Waals surface area contributed by atoms with Crippen LogP contribution in [0.4, 0.5) is 13.2 Å². The number of hydrogen-bond donors (Lipinski definition) is 0.